The number of anilines is 1. The van der Waals surface area contributed by atoms with Gasteiger partial charge in [0.05, 0.1) is 29.3 Å². The van der Waals surface area contributed by atoms with E-state index in [9.17, 15) is 26.3 Å². The number of rotatable bonds is 5. The van der Waals surface area contributed by atoms with E-state index >= 15 is 0 Å². The summed E-state index contributed by atoms with van der Waals surface area (Å²) >= 11 is 2.67. The van der Waals surface area contributed by atoms with E-state index in [0.717, 1.165) is 21.9 Å². The van der Waals surface area contributed by atoms with Crippen LogP contribution in [0.15, 0.2) is 41.1 Å². The van der Waals surface area contributed by atoms with Crippen molar-refractivity contribution in [1.82, 2.24) is 4.98 Å². The predicted molar refractivity (Wildman–Crippen MR) is 100 cm³/mol. The summed E-state index contributed by atoms with van der Waals surface area (Å²) in [5.74, 6) is 0. The average Bonchev–Trinajstić information content (AvgIpc) is 3.30. The minimum absolute atomic E-state index is 0.285. The molecule has 0 saturated carbocycles. The van der Waals surface area contributed by atoms with Gasteiger partial charge in [-0.05, 0) is 23.6 Å². The van der Waals surface area contributed by atoms with Gasteiger partial charge in [-0.25, -0.2) is 9.83 Å². The van der Waals surface area contributed by atoms with Crippen molar-refractivity contribution in [2.45, 2.75) is 18.9 Å². The van der Waals surface area contributed by atoms with Gasteiger partial charge in [-0.15, -0.1) is 22.7 Å². The Bertz CT molecular complexity index is 1020. The van der Waals surface area contributed by atoms with Crippen LogP contribution >= 0.6 is 22.7 Å². The molecule has 2 aromatic heterocycles. The first-order valence-electron chi connectivity index (χ1n) is 7.95. The van der Waals surface area contributed by atoms with Crippen LogP contribution in [0.25, 0.3) is 14.7 Å². The van der Waals surface area contributed by atoms with E-state index < -0.39 is 30.1 Å². The number of aromatic nitrogens is 1. The first-order valence-corrected chi connectivity index (χ1v) is 9.71. The van der Waals surface area contributed by atoms with Crippen LogP contribution in [0, 0.1) is 6.57 Å². The minimum atomic E-state index is -4.85. The van der Waals surface area contributed by atoms with Crippen LogP contribution in [0.1, 0.15) is 11.3 Å². The highest BCUT2D eigenvalue weighted by atomic mass is 32.1. The molecule has 3 nitrogen and oxygen atoms in total. The lowest BCUT2D eigenvalue weighted by atomic mass is 10.1. The molecule has 0 saturated heterocycles. The molecule has 0 aliphatic heterocycles. The molecular weight excluding hydrogens is 436 g/mol. The lowest BCUT2D eigenvalue weighted by molar-refractivity contribution is -0.136. The van der Waals surface area contributed by atoms with Crippen molar-refractivity contribution in [3.05, 3.63) is 63.8 Å². The second-order valence-corrected chi connectivity index (χ2v) is 7.71. The lowest BCUT2D eigenvalue weighted by Gasteiger charge is -2.26. The predicted octanol–water partition coefficient (Wildman–Crippen LogP) is 7.01. The van der Waals surface area contributed by atoms with Crippen LogP contribution in [0.4, 0.5) is 37.7 Å². The molecule has 1 aromatic carbocycles. The Morgan fingerprint density at radius 1 is 1.07 bits per heavy atom. The van der Waals surface area contributed by atoms with Gasteiger partial charge in [0.25, 0.3) is 0 Å². The number of thiazole rings is 1. The standard InChI is InChI=1S/C18H11F6N3S2/c1-25-14-5-4-12(7-13(14)18(22,23)24)27(10-17(19,20)21)8-11-9-29-16(26-11)15-3-2-6-28-15/h2-7,9H,8,10H2. The Kier molecular flexibility index (Phi) is 5.86. The number of thiophene rings is 1. The minimum Gasteiger partial charge on any atom is -0.357 e. The largest absolute Gasteiger partial charge is 0.407 e. The molecule has 152 valence electrons. The fraction of sp³-hybridized carbons (Fsp3) is 0.222. The highest BCUT2D eigenvalue weighted by Gasteiger charge is 2.36. The Hall–Kier alpha value is -2.58. The van der Waals surface area contributed by atoms with Crippen molar-refractivity contribution in [1.29, 1.82) is 0 Å². The maximum absolute atomic E-state index is 13.2. The molecule has 0 N–H and O–H groups in total. The molecule has 0 fully saturated rings. The van der Waals surface area contributed by atoms with E-state index in [1.807, 2.05) is 17.5 Å². The highest BCUT2D eigenvalue weighted by Crippen LogP contribution is 2.39. The summed E-state index contributed by atoms with van der Waals surface area (Å²) < 4.78 is 78.9. The van der Waals surface area contributed by atoms with Gasteiger partial charge in [0, 0.05) is 11.1 Å². The number of halogens is 6. The molecule has 2 heterocycles. The Labute approximate surface area is 169 Å². The van der Waals surface area contributed by atoms with E-state index in [2.05, 4.69) is 9.83 Å². The van der Waals surface area contributed by atoms with Gasteiger partial charge in [0.1, 0.15) is 11.6 Å². The van der Waals surface area contributed by atoms with E-state index in [0.29, 0.717) is 16.8 Å². The van der Waals surface area contributed by atoms with E-state index in [-0.39, 0.29) is 12.2 Å². The monoisotopic (exact) mass is 447 g/mol. The zero-order valence-electron chi connectivity index (χ0n) is 14.4. The second kappa shape index (κ2) is 8.04. The fourth-order valence-corrected chi connectivity index (χ4v) is 4.21. The molecule has 0 spiro atoms. The van der Waals surface area contributed by atoms with Crippen LogP contribution in [0.2, 0.25) is 0 Å². The molecule has 3 aromatic rings. The summed E-state index contributed by atoms with van der Waals surface area (Å²) in [5.41, 5.74) is -1.91. The highest BCUT2D eigenvalue weighted by molar-refractivity contribution is 7.20. The molecule has 29 heavy (non-hydrogen) atoms. The zero-order chi connectivity index (χ0) is 21.2. The van der Waals surface area contributed by atoms with Gasteiger partial charge in [-0.1, -0.05) is 12.1 Å². The maximum Gasteiger partial charge on any atom is 0.407 e. The van der Waals surface area contributed by atoms with Crippen LogP contribution in [0.5, 0.6) is 0 Å². The summed E-state index contributed by atoms with van der Waals surface area (Å²) in [5, 5.41) is 4.04. The van der Waals surface area contributed by atoms with Crippen molar-refractivity contribution < 1.29 is 26.3 Å². The smallest absolute Gasteiger partial charge is 0.357 e. The number of nitrogens with zero attached hydrogens (tertiary/aromatic N) is 3. The van der Waals surface area contributed by atoms with Gasteiger partial charge in [0.15, 0.2) is 5.69 Å². The van der Waals surface area contributed by atoms with Crippen molar-refractivity contribution >= 4 is 34.0 Å². The molecule has 3 rings (SSSR count). The van der Waals surface area contributed by atoms with Gasteiger partial charge < -0.3 is 4.90 Å². The summed E-state index contributed by atoms with van der Waals surface area (Å²) in [6.07, 6.45) is -9.49. The molecule has 0 radical (unpaired) electrons. The number of hydrogen-bond donors (Lipinski definition) is 0. The number of benzene rings is 1. The molecule has 0 bridgehead atoms. The SMILES string of the molecule is [C-]#[N+]c1ccc(N(Cc2csc(-c3cccs3)n2)CC(F)(F)F)cc1C(F)(F)F. The van der Waals surface area contributed by atoms with Gasteiger partial charge >= 0.3 is 12.4 Å². The summed E-state index contributed by atoms with van der Waals surface area (Å²) in [6.45, 7) is 5.09. The summed E-state index contributed by atoms with van der Waals surface area (Å²) in [7, 11) is 0. The third-order valence-corrected chi connectivity index (χ3v) is 5.71. The van der Waals surface area contributed by atoms with E-state index in [1.54, 1.807) is 5.38 Å². The molecule has 0 amide bonds. The number of hydrogen-bond acceptors (Lipinski definition) is 4. The van der Waals surface area contributed by atoms with Crippen LogP contribution in [0.3, 0.4) is 0 Å². The third-order valence-electron chi connectivity index (χ3n) is 3.78. The first-order chi connectivity index (χ1) is 13.6. The fourth-order valence-electron chi connectivity index (χ4n) is 2.59. The Balaban J connectivity index is 1.95. The third kappa shape index (κ3) is 5.27. The molecular formula is C18H11F6N3S2. The molecule has 0 unspecified atom stereocenters. The summed E-state index contributed by atoms with van der Waals surface area (Å²) in [6, 6.07) is 6.17. The van der Waals surface area contributed by atoms with E-state index in [4.69, 9.17) is 6.57 Å². The van der Waals surface area contributed by atoms with E-state index in [1.165, 1.54) is 22.7 Å². The van der Waals surface area contributed by atoms with Gasteiger partial charge in [0.2, 0.25) is 0 Å². The quantitative estimate of drug-likeness (QED) is 0.310. The van der Waals surface area contributed by atoms with Crippen molar-refractivity contribution in [2.24, 2.45) is 0 Å². The Morgan fingerprint density at radius 3 is 2.41 bits per heavy atom. The van der Waals surface area contributed by atoms with Crippen molar-refractivity contribution in [3.63, 3.8) is 0 Å². The second-order valence-electron chi connectivity index (χ2n) is 5.90. The normalized spacial score (nSPS) is 12.0. The van der Waals surface area contributed by atoms with Crippen LogP contribution in [-0.4, -0.2) is 17.7 Å². The maximum atomic E-state index is 13.2. The molecule has 11 heteroatoms. The van der Waals surface area contributed by atoms with Crippen molar-refractivity contribution in [3.8, 4) is 9.88 Å². The average molecular weight is 447 g/mol. The molecule has 0 aliphatic rings. The topological polar surface area (TPSA) is 20.5 Å². The van der Waals surface area contributed by atoms with Crippen molar-refractivity contribution in [2.75, 3.05) is 11.4 Å². The number of alkyl halides is 6. The zero-order valence-corrected chi connectivity index (χ0v) is 16.0. The lowest BCUT2D eigenvalue weighted by Crippen LogP contribution is -2.34. The molecule has 0 aliphatic carbocycles. The summed E-state index contributed by atoms with van der Waals surface area (Å²) in [4.78, 5) is 8.73. The Morgan fingerprint density at radius 2 is 1.83 bits per heavy atom. The van der Waals surface area contributed by atoms with Crippen LogP contribution in [-0.2, 0) is 12.7 Å². The van der Waals surface area contributed by atoms with Crippen LogP contribution < -0.4 is 4.90 Å². The molecule has 0 atom stereocenters. The van der Waals surface area contributed by atoms with Gasteiger partial charge in [-0.2, -0.15) is 26.3 Å². The first kappa shape index (κ1) is 21.1. The van der Waals surface area contributed by atoms with Gasteiger partial charge in [-0.3, -0.25) is 0 Å².